The van der Waals surface area contributed by atoms with Crippen LogP contribution >= 0.6 is 0 Å². The molecule has 1 aliphatic carbocycles. The molecule has 0 unspecified atom stereocenters. The van der Waals surface area contributed by atoms with Gasteiger partial charge in [-0.2, -0.15) is 4.31 Å². The molecule has 4 atom stereocenters. The van der Waals surface area contributed by atoms with E-state index < -0.39 is 10.0 Å². The van der Waals surface area contributed by atoms with Crippen LogP contribution in [0.3, 0.4) is 0 Å². The van der Waals surface area contributed by atoms with Gasteiger partial charge < -0.3 is 9.64 Å². The standard InChI is InChI=1S/C17H30N2O3S/c1-18(2)9-14-15-10-19(12-17(15)8-7-16(14)22-17)23(20,21)11-13-5-3-4-6-13/h13-16H,3-12H2,1-2H3/t14-,15+,16+,17+/m0/s1. The first-order chi connectivity index (χ1) is 10.9. The Hall–Kier alpha value is -0.170. The van der Waals surface area contributed by atoms with Gasteiger partial charge in [0.1, 0.15) is 0 Å². The van der Waals surface area contributed by atoms with Gasteiger partial charge in [-0.3, -0.25) is 0 Å². The van der Waals surface area contributed by atoms with E-state index in [1.165, 1.54) is 12.8 Å². The summed E-state index contributed by atoms with van der Waals surface area (Å²) in [5.41, 5.74) is -0.173. The van der Waals surface area contributed by atoms with Crippen molar-refractivity contribution >= 4 is 10.0 Å². The Morgan fingerprint density at radius 1 is 1.22 bits per heavy atom. The molecule has 1 spiro atoms. The van der Waals surface area contributed by atoms with Crippen LogP contribution in [0.15, 0.2) is 0 Å². The van der Waals surface area contributed by atoms with Crippen molar-refractivity contribution in [3.63, 3.8) is 0 Å². The third-order valence-corrected chi connectivity index (χ3v) is 8.60. The number of hydrogen-bond donors (Lipinski definition) is 0. The normalized spacial score (nSPS) is 41.3. The van der Waals surface area contributed by atoms with Crippen LogP contribution in [0.25, 0.3) is 0 Å². The molecule has 4 rings (SSSR count). The highest BCUT2D eigenvalue weighted by atomic mass is 32.2. The fourth-order valence-corrected chi connectivity index (χ4v) is 7.55. The van der Waals surface area contributed by atoms with E-state index in [9.17, 15) is 8.42 Å². The molecule has 0 aromatic rings. The predicted octanol–water partition coefficient (Wildman–Crippen LogP) is 1.55. The van der Waals surface area contributed by atoms with Crippen LogP contribution in [0.2, 0.25) is 0 Å². The zero-order valence-corrected chi connectivity index (χ0v) is 15.2. The summed E-state index contributed by atoms with van der Waals surface area (Å²) in [6, 6.07) is 0. The van der Waals surface area contributed by atoms with Gasteiger partial charge in [0, 0.05) is 31.5 Å². The summed E-state index contributed by atoms with van der Waals surface area (Å²) >= 11 is 0. The Bertz CT molecular complexity index is 558. The number of hydrogen-bond acceptors (Lipinski definition) is 4. The molecule has 3 aliphatic heterocycles. The Labute approximate surface area is 140 Å². The molecule has 3 heterocycles. The van der Waals surface area contributed by atoms with Gasteiger partial charge in [-0.25, -0.2) is 8.42 Å². The molecule has 0 amide bonds. The first kappa shape index (κ1) is 16.3. The van der Waals surface area contributed by atoms with Crippen molar-refractivity contribution in [2.24, 2.45) is 17.8 Å². The van der Waals surface area contributed by atoms with E-state index in [-0.39, 0.29) is 5.60 Å². The number of nitrogens with zero attached hydrogens (tertiary/aromatic N) is 2. The Morgan fingerprint density at radius 3 is 2.65 bits per heavy atom. The van der Waals surface area contributed by atoms with Crippen molar-refractivity contribution in [3.05, 3.63) is 0 Å². The monoisotopic (exact) mass is 342 g/mol. The summed E-state index contributed by atoms with van der Waals surface area (Å²) < 4.78 is 33.9. The van der Waals surface area contributed by atoms with Crippen molar-refractivity contribution in [2.45, 2.75) is 50.2 Å². The lowest BCUT2D eigenvalue weighted by atomic mass is 9.73. The molecule has 2 bridgehead atoms. The Morgan fingerprint density at radius 2 is 1.96 bits per heavy atom. The topological polar surface area (TPSA) is 49.9 Å². The Balaban J connectivity index is 1.49. The van der Waals surface area contributed by atoms with E-state index >= 15 is 0 Å². The lowest BCUT2D eigenvalue weighted by Gasteiger charge is -2.31. The molecule has 0 radical (unpaired) electrons. The maximum absolute atomic E-state index is 12.9. The van der Waals surface area contributed by atoms with Crippen LogP contribution in [-0.2, 0) is 14.8 Å². The largest absolute Gasteiger partial charge is 0.370 e. The minimum atomic E-state index is -3.13. The molecule has 1 saturated carbocycles. The number of ether oxygens (including phenoxy) is 1. The average molecular weight is 343 g/mol. The average Bonchev–Trinajstić information content (AvgIpc) is 3.19. The third kappa shape index (κ3) is 2.75. The van der Waals surface area contributed by atoms with E-state index in [2.05, 4.69) is 19.0 Å². The van der Waals surface area contributed by atoms with Crippen molar-refractivity contribution in [1.29, 1.82) is 0 Å². The molecule has 23 heavy (non-hydrogen) atoms. The van der Waals surface area contributed by atoms with Gasteiger partial charge in [-0.1, -0.05) is 12.8 Å². The fourth-order valence-electron chi connectivity index (χ4n) is 5.61. The highest BCUT2D eigenvalue weighted by molar-refractivity contribution is 7.89. The van der Waals surface area contributed by atoms with E-state index in [1.54, 1.807) is 4.31 Å². The van der Waals surface area contributed by atoms with Gasteiger partial charge in [-0.05, 0) is 45.7 Å². The first-order valence-electron chi connectivity index (χ1n) is 9.20. The molecule has 5 nitrogen and oxygen atoms in total. The van der Waals surface area contributed by atoms with Crippen LogP contribution in [0.5, 0.6) is 0 Å². The molecule has 0 aromatic heterocycles. The molecule has 4 fully saturated rings. The van der Waals surface area contributed by atoms with E-state index in [0.717, 1.165) is 32.2 Å². The van der Waals surface area contributed by atoms with E-state index in [4.69, 9.17) is 4.74 Å². The predicted molar refractivity (Wildman–Crippen MR) is 89.7 cm³/mol. The molecule has 132 valence electrons. The lowest BCUT2D eigenvalue weighted by Crippen LogP contribution is -2.40. The van der Waals surface area contributed by atoms with Gasteiger partial charge in [0.15, 0.2) is 0 Å². The van der Waals surface area contributed by atoms with Crippen molar-refractivity contribution < 1.29 is 13.2 Å². The molecule has 4 aliphatic rings. The quantitative estimate of drug-likeness (QED) is 0.761. The molecular formula is C17H30N2O3S. The van der Waals surface area contributed by atoms with Crippen molar-refractivity contribution in [2.75, 3.05) is 39.5 Å². The zero-order chi connectivity index (χ0) is 16.2. The SMILES string of the molecule is CN(C)C[C@H]1[C@H]2CN(S(=O)(=O)CC3CCCC3)C[C@]23CC[C@H]1O3. The van der Waals surface area contributed by atoms with E-state index in [0.29, 0.717) is 42.7 Å². The molecule has 3 saturated heterocycles. The summed E-state index contributed by atoms with van der Waals surface area (Å²) in [7, 11) is 1.07. The lowest BCUT2D eigenvalue weighted by molar-refractivity contribution is 0.00737. The third-order valence-electron chi connectivity index (χ3n) is 6.64. The van der Waals surface area contributed by atoms with Crippen LogP contribution in [-0.4, -0.2) is 68.8 Å². The number of sulfonamides is 1. The molecular weight excluding hydrogens is 312 g/mol. The molecule has 6 heteroatoms. The van der Waals surface area contributed by atoms with Crippen LogP contribution < -0.4 is 0 Å². The minimum absolute atomic E-state index is 0.173. The van der Waals surface area contributed by atoms with Gasteiger partial charge in [-0.15, -0.1) is 0 Å². The summed E-state index contributed by atoms with van der Waals surface area (Å²) in [5, 5.41) is 0. The maximum atomic E-state index is 12.9. The summed E-state index contributed by atoms with van der Waals surface area (Å²) in [6.45, 7) is 2.30. The smallest absolute Gasteiger partial charge is 0.214 e. The van der Waals surface area contributed by atoms with E-state index in [1.807, 2.05) is 0 Å². The van der Waals surface area contributed by atoms with Gasteiger partial charge >= 0.3 is 0 Å². The molecule has 0 aromatic carbocycles. The van der Waals surface area contributed by atoms with Crippen molar-refractivity contribution in [1.82, 2.24) is 9.21 Å². The second-order valence-electron chi connectivity index (χ2n) is 8.51. The van der Waals surface area contributed by atoms with Gasteiger partial charge in [0.25, 0.3) is 0 Å². The number of rotatable bonds is 5. The second-order valence-corrected chi connectivity index (χ2v) is 10.5. The van der Waals surface area contributed by atoms with Gasteiger partial charge in [0.2, 0.25) is 10.0 Å². The Kier molecular flexibility index (Phi) is 4.03. The van der Waals surface area contributed by atoms with Crippen molar-refractivity contribution in [3.8, 4) is 0 Å². The van der Waals surface area contributed by atoms with Crippen LogP contribution in [0.4, 0.5) is 0 Å². The van der Waals surface area contributed by atoms with Gasteiger partial charge in [0.05, 0.1) is 17.5 Å². The summed E-state index contributed by atoms with van der Waals surface area (Å²) in [6.07, 6.45) is 7.06. The number of fused-ring (bicyclic) bond motifs is 1. The first-order valence-corrected chi connectivity index (χ1v) is 10.8. The highest BCUT2D eigenvalue weighted by Crippen LogP contribution is 2.55. The maximum Gasteiger partial charge on any atom is 0.214 e. The summed E-state index contributed by atoms with van der Waals surface area (Å²) in [5.74, 6) is 1.62. The van der Waals surface area contributed by atoms with Crippen LogP contribution in [0.1, 0.15) is 38.5 Å². The van der Waals surface area contributed by atoms with Crippen LogP contribution in [0, 0.1) is 17.8 Å². The minimum Gasteiger partial charge on any atom is -0.370 e. The zero-order valence-electron chi connectivity index (χ0n) is 14.4. The molecule has 0 N–H and O–H groups in total. The second kappa shape index (κ2) is 5.68. The summed E-state index contributed by atoms with van der Waals surface area (Å²) in [4.78, 5) is 2.22. The fraction of sp³-hybridized carbons (Fsp3) is 1.00. The highest BCUT2D eigenvalue weighted by Gasteiger charge is 2.64.